The average molecular weight is 275 g/mol. The fourth-order valence-electron chi connectivity index (χ4n) is 2.99. The maximum atomic E-state index is 11.5. The molecule has 1 aromatic carbocycles. The van der Waals surface area contributed by atoms with E-state index in [1.54, 1.807) is 0 Å². The van der Waals surface area contributed by atoms with Crippen LogP contribution in [0.3, 0.4) is 0 Å². The summed E-state index contributed by atoms with van der Waals surface area (Å²) in [7, 11) is 1.48. The van der Waals surface area contributed by atoms with Gasteiger partial charge in [0, 0.05) is 6.04 Å². The van der Waals surface area contributed by atoms with Gasteiger partial charge >= 0.3 is 5.97 Å². The zero-order valence-corrected chi connectivity index (χ0v) is 12.4. The largest absolute Gasteiger partial charge is 0.469 e. The van der Waals surface area contributed by atoms with E-state index < -0.39 is 0 Å². The first-order valence-electron chi connectivity index (χ1n) is 7.64. The summed E-state index contributed by atoms with van der Waals surface area (Å²) in [5.74, 6) is -0.0787. The number of nitrogens with zero attached hydrogens (tertiary/aromatic N) is 1. The van der Waals surface area contributed by atoms with E-state index in [2.05, 4.69) is 35.2 Å². The predicted octanol–water partition coefficient (Wildman–Crippen LogP) is 3.04. The Hall–Kier alpha value is -1.35. The Morgan fingerprint density at radius 1 is 1.30 bits per heavy atom. The van der Waals surface area contributed by atoms with Crippen LogP contribution in [-0.2, 0) is 16.0 Å². The van der Waals surface area contributed by atoms with Crippen molar-refractivity contribution in [1.82, 2.24) is 4.90 Å². The van der Waals surface area contributed by atoms with Crippen LogP contribution in [0.2, 0.25) is 0 Å². The molecule has 0 N–H and O–H groups in total. The van der Waals surface area contributed by atoms with E-state index in [1.807, 2.05) is 0 Å². The van der Waals surface area contributed by atoms with E-state index in [0.29, 0.717) is 12.5 Å². The van der Waals surface area contributed by atoms with E-state index >= 15 is 0 Å². The lowest BCUT2D eigenvalue weighted by atomic mass is 9.98. The van der Waals surface area contributed by atoms with Gasteiger partial charge in [-0.15, -0.1) is 0 Å². The summed E-state index contributed by atoms with van der Waals surface area (Å²) in [6.07, 6.45) is 6.42. The lowest BCUT2D eigenvalue weighted by Gasteiger charge is -2.35. The second-order valence-electron chi connectivity index (χ2n) is 5.55. The summed E-state index contributed by atoms with van der Waals surface area (Å²) in [4.78, 5) is 13.9. The number of hydrogen-bond acceptors (Lipinski definition) is 3. The number of hydrogen-bond donors (Lipinski definition) is 0. The van der Waals surface area contributed by atoms with Gasteiger partial charge in [-0.3, -0.25) is 9.69 Å². The highest BCUT2D eigenvalue weighted by Crippen LogP contribution is 2.20. The molecular formula is C17H25NO2. The van der Waals surface area contributed by atoms with Crippen molar-refractivity contribution >= 4 is 5.97 Å². The molecule has 1 heterocycles. The molecular weight excluding hydrogens is 250 g/mol. The van der Waals surface area contributed by atoms with Crippen molar-refractivity contribution in [3.63, 3.8) is 0 Å². The number of carbonyl (C=O) groups is 1. The van der Waals surface area contributed by atoms with Crippen LogP contribution in [0.5, 0.6) is 0 Å². The van der Waals surface area contributed by atoms with Crippen molar-refractivity contribution in [3.8, 4) is 0 Å². The monoisotopic (exact) mass is 275 g/mol. The fourth-order valence-corrected chi connectivity index (χ4v) is 2.99. The minimum absolute atomic E-state index is 0.0787. The molecule has 1 saturated heterocycles. The van der Waals surface area contributed by atoms with Crippen LogP contribution in [-0.4, -0.2) is 37.1 Å². The summed E-state index contributed by atoms with van der Waals surface area (Å²) in [5.41, 5.74) is 1.40. The van der Waals surface area contributed by atoms with E-state index in [-0.39, 0.29) is 5.97 Å². The number of ether oxygens (including phenoxy) is 1. The average Bonchev–Trinajstić information content (AvgIpc) is 2.50. The first-order valence-corrected chi connectivity index (χ1v) is 7.64. The molecule has 110 valence electrons. The molecule has 1 atom stereocenters. The summed E-state index contributed by atoms with van der Waals surface area (Å²) in [6, 6.07) is 11.0. The number of methoxy groups -OCH3 is 1. The zero-order chi connectivity index (χ0) is 14.2. The third-order valence-electron chi connectivity index (χ3n) is 4.13. The molecule has 2 rings (SSSR count). The number of esters is 1. The first kappa shape index (κ1) is 15.0. The Balaban J connectivity index is 1.78. The van der Waals surface area contributed by atoms with E-state index in [0.717, 1.165) is 32.4 Å². The summed E-state index contributed by atoms with van der Waals surface area (Å²) >= 11 is 0. The molecule has 0 spiro atoms. The number of likely N-dealkylation sites (tertiary alicyclic amines) is 1. The lowest BCUT2D eigenvalue weighted by Crippen LogP contribution is -2.41. The van der Waals surface area contributed by atoms with Gasteiger partial charge in [-0.25, -0.2) is 0 Å². The second kappa shape index (κ2) is 8.05. The Bertz CT molecular complexity index is 405. The highest BCUT2D eigenvalue weighted by atomic mass is 16.5. The smallest absolute Gasteiger partial charge is 0.307 e. The van der Waals surface area contributed by atoms with E-state index in [4.69, 9.17) is 4.74 Å². The molecule has 1 aromatic rings. The summed E-state index contributed by atoms with van der Waals surface area (Å²) < 4.78 is 4.81. The lowest BCUT2D eigenvalue weighted by molar-refractivity contribution is -0.142. The number of rotatable bonds is 6. The predicted molar refractivity (Wildman–Crippen MR) is 80.6 cm³/mol. The minimum Gasteiger partial charge on any atom is -0.469 e. The maximum Gasteiger partial charge on any atom is 0.307 e. The molecule has 1 aliphatic rings. The van der Waals surface area contributed by atoms with Gasteiger partial charge in [0.05, 0.1) is 13.5 Å². The van der Waals surface area contributed by atoms with Crippen molar-refractivity contribution in [2.75, 3.05) is 20.2 Å². The fraction of sp³-hybridized carbons (Fsp3) is 0.588. The molecule has 0 saturated carbocycles. The Morgan fingerprint density at radius 3 is 2.85 bits per heavy atom. The van der Waals surface area contributed by atoms with Gasteiger partial charge in [0.1, 0.15) is 0 Å². The standard InChI is InChI=1S/C17H25NO2/c1-20-17(19)14-16-11-5-6-12-18(16)13-7-10-15-8-3-2-4-9-15/h2-4,8-9,16H,5-7,10-14H2,1H3. The molecule has 0 aromatic heterocycles. The van der Waals surface area contributed by atoms with Crippen LogP contribution in [0.15, 0.2) is 30.3 Å². The quantitative estimate of drug-likeness (QED) is 0.747. The molecule has 20 heavy (non-hydrogen) atoms. The van der Waals surface area contributed by atoms with Gasteiger partial charge in [0.25, 0.3) is 0 Å². The summed E-state index contributed by atoms with van der Waals surface area (Å²) in [5, 5.41) is 0. The highest BCUT2D eigenvalue weighted by Gasteiger charge is 2.24. The van der Waals surface area contributed by atoms with Gasteiger partial charge in [0.15, 0.2) is 0 Å². The molecule has 3 nitrogen and oxygen atoms in total. The van der Waals surface area contributed by atoms with Gasteiger partial charge in [-0.05, 0) is 44.3 Å². The third-order valence-corrected chi connectivity index (χ3v) is 4.13. The number of benzene rings is 1. The molecule has 3 heteroatoms. The molecule has 0 amide bonds. The van der Waals surface area contributed by atoms with Gasteiger partial charge < -0.3 is 4.74 Å². The number of piperidine rings is 1. The first-order chi connectivity index (χ1) is 9.79. The van der Waals surface area contributed by atoms with Crippen LogP contribution in [0, 0.1) is 0 Å². The Morgan fingerprint density at radius 2 is 2.10 bits per heavy atom. The summed E-state index contributed by atoms with van der Waals surface area (Å²) in [6.45, 7) is 2.20. The third kappa shape index (κ3) is 4.64. The second-order valence-corrected chi connectivity index (χ2v) is 5.55. The number of aryl methyl sites for hydroxylation is 1. The molecule has 1 unspecified atom stereocenters. The number of carbonyl (C=O) groups excluding carboxylic acids is 1. The van der Waals surface area contributed by atoms with Crippen LogP contribution in [0.4, 0.5) is 0 Å². The maximum absolute atomic E-state index is 11.5. The van der Waals surface area contributed by atoms with Gasteiger partial charge in [-0.1, -0.05) is 36.8 Å². The van der Waals surface area contributed by atoms with Crippen molar-refractivity contribution in [3.05, 3.63) is 35.9 Å². The minimum atomic E-state index is -0.0787. The molecule has 1 fully saturated rings. The SMILES string of the molecule is COC(=O)CC1CCCCN1CCCc1ccccc1. The molecule has 0 aliphatic carbocycles. The normalized spacial score (nSPS) is 19.8. The van der Waals surface area contributed by atoms with Gasteiger partial charge in [0.2, 0.25) is 0 Å². The van der Waals surface area contributed by atoms with Crippen molar-refractivity contribution in [2.45, 2.75) is 44.6 Å². The van der Waals surface area contributed by atoms with Gasteiger partial charge in [-0.2, -0.15) is 0 Å². The Kier molecular flexibility index (Phi) is 6.06. The Labute approximate surface area is 121 Å². The van der Waals surface area contributed by atoms with Crippen LogP contribution < -0.4 is 0 Å². The topological polar surface area (TPSA) is 29.5 Å². The molecule has 0 radical (unpaired) electrons. The van der Waals surface area contributed by atoms with Crippen LogP contribution in [0.25, 0.3) is 0 Å². The van der Waals surface area contributed by atoms with Crippen molar-refractivity contribution in [2.24, 2.45) is 0 Å². The van der Waals surface area contributed by atoms with Crippen molar-refractivity contribution in [1.29, 1.82) is 0 Å². The zero-order valence-electron chi connectivity index (χ0n) is 12.4. The van der Waals surface area contributed by atoms with Crippen molar-refractivity contribution < 1.29 is 9.53 Å². The highest BCUT2D eigenvalue weighted by molar-refractivity contribution is 5.69. The van der Waals surface area contributed by atoms with Crippen LogP contribution in [0.1, 0.15) is 37.7 Å². The van der Waals surface area contributed by atoms with Crippen LogP contribution >= 0.6 is 0 Å². The molecule has 1 aliphatic heterocycles. The van der Waals surface area contributed by atoms with E-state index in [1.165, 1.54) is 25.5 Å². The molecule has 0 bridgehead atoms. The van der Waals surface area contributed by atoms with E-state index in [9.17, 15) is 4.79 Å².